The molecule has 2 aromatic rings. The van der Waals surface area contributed by atoms with Gasteiger partial charge in [-0.05, 0) is 31.9 Å². The molecule has 0 radical (unpaired) electrons. The largest absolute Gasteiger partial charge is 0.378 e. The topological polar surface area (TPSA) is 87.4 Å². The number of morpholine rings is 1. The highest BCUT2D eigenvalue weighted by atomic mass is 35.5. The van der Waals surface area contributed by atoms with E-state index in [4.69, 9.17) is 25.8 Å². The molecule has 0 aromatic carbocycles. The molecule has 0 unspecified atom stereocenters. The maximum absolute atomic E-state index is 6.15. The molecule has 0 aliphatic carbocycles. The van der Waals surface area contributed by atoms with E-state index in [1.807, 2.05) is 13.8 Å². The van der Waals surface area contributed by atoms with Crippen molar-refractivity contribution in [1.29, 1.82) is 0 Å². The van der Waals surface area contributed by atoms with Gasteiger partial charge >= 0.3 is 0 Å². The molecule has 1 aliphatic rings. The fourth-order valence-corrected chi connectivity index (χ4v) is 3.12. The summed E-state index contributed by atoms with van der Waals surface area (Å²) < 4.78 is 18.3. The van der Waals surface area contributed by atoms with Crippen molar-refractivity contribution in [2.45, 2.75) is 39.5 Å². The highest BCUT2D eigenvalue weighted by molar-refractivity contribution is 6.28. The number of halogens is 1. The molecule has 0 amide bonds. The number of aryl methyl sites for hydroxylation is 1. The number of fused-ring (bicyclic) bond motifs is 1. The first-order valence-corrected chi connectivity index (χ1v) is 9.43. The number of rotatable bonds is 9. The maximum atomic E-state index is 6.15. The highest BCUT2D eigenvalue weighted by Crippen LogP contribution is 2.24. The van der Waals surface area contributed by atoms with Crippen LogP contribution in [0.1, 0.15) is 26.7 Å². The summed E-state index contributed by atoms with van der Waals surface area (Å²) in [5, 5.41) is 8.73. The van der Waals surface area contributed by atoms with E-state index in [0.29, 0.717) is 44.1 Å². The van der Waals surface area contributed by atoms with E-state index in [-0.39, 0.29) is 11.6 Å². The lowest BCUT2D eigenvalue weighted by molar-refractivity contribution is -0.140. The lowest BCUT2D eigenvalue weighted by atomic mass is 10.3. The Hall–Kier alpha value is -1.55. The lowest BCUT2D eigenvalue weighted by Gasteiger charge is -2.27. The van der Waals surface area contributed by atoms with Gasteiger partial charge in [0, 0.05) is 39.3 Å². The van der Waals surface area contributed by atoms with Gasteiger partial charge in [0.25, 0.3) is 0 Å². The van der Waals surface area contributed by atoms with E-state index >= 15 is 0 Å². The molecule has 1 aliphatic heterocycles. The molecule has 1 fully saturated rings. The van der Waals surface area contributed by atoms with E-state index < -0.39 is 0 Å². The van der Waals surface area contributed by atoms with Crippen LogP contribution >= 0.6 is 11.6 Å². The molecule has 2 aromatic heterocycles. The number of anilines is 1. The molecule has 26 heavy (non-hydrogen) atoms. The van der Waals surface area contributed by atoms with Gasteiger partial charge in [0.2, 0.25) is 5.28 Å². The molecule has 10 heteroatoms. The van der Waals surface area contributed by atoms with Crippen molar-refractivity contribution in [1.82, 2.24) is 25.0 Å². The summed E-state index contributed by atoms with van der Waals surface area (Å²) in [6, 6.07) is 0. The third kappa shape index (κ3) is 4.59. The van der Waals surface area contributed by atoms with Crippen LogP contribution in [0.3, 0.4) is 0 Å². The standard InChI is InChI=1S/C16H25ClN6O3/c1-3-25-12(26-4-2)6-5-7-23-15-13(20-21-23)14(18-16(17)19-15)22-8-10-24-11-9-22/h12H,3-11H2,1-2H3. The second-order valence-electron chi connectivity index (χ2n) is 5.88. The SMILES string of the molecule is CCOC(CCCn1nnc2c(N3CCOCC3)nc(Cl)nc21)OCC. The number of hydrogen-bond donors (Lipinski definition) is 0. The summed E-state index contributed by atoms with van der Waals surface area (Å²) in [5.41, 5.74) is 1.32. The van der Waals surface area contributed by atoms with Gasteiger partial charge in [0.15, 0.2) is 23.3 Å². The molecule has 0 saturated carbocycles. The van der Waals surface area contributed by atoms with Gasteiger partial charge < -0.3 is 19.1 Å². The lowest BCUT2D eigenvalue weighted by Crippen LogP contribution is -2.37. The second-order valence-corrected chi connectivity index (χ2v) is 6.22. The van der Waals surface area contributed by atoms with Gasteiger partial charge in [0.1, 0.15) is 0 Å². The van der Waals surface area contributed by atoms with E-state index in [1.165, 1.54) is 0 Å². The first-order chi connectivity index (χ1) is 12.7. The van der Waals surface area contributed by atoms with Gasteiger partial charge in [-0.1, -0.05) is 5.21 Å². The normalized spacial score (nSPS) is 15.3. The molecule has 3 heterocycles. The third-order valence-corrected chi connectivity index (χ3v) is 4.31. The molecular weight excluding hydrogens is 360 g/mol. The maximum Gasteiger partial charge on any atom is 0.226 e. The van der Waals surface area contributed by atoms with Crippen LogP contribution in [0.2, 0.25) is 5.28 Å². The van der Waals surface area contributed by atoms with E-state index in [0.717, 1.165) is 31.7 Å². The van der Waals surface area contributed by atoms with Crippen molar-refractivity contribution >= 4 is 28.6 Å². The average Bonchev–Trinajstić information content (AvgIpc) is 3.05. The Labute approximate surface area is 157 Å². The van der Waals surface area contributed by atoms with Crippen LogP contribution in [-0.4, -0.2) is 70.8 Å². The smallest absolute Gasteiger partial charge is 0.226 e. The molecule has 9 nitrogen and oxygen atoms in total. The van der Waals surface area contributed by atoms with Crippen molar-refractivity contribution in [3.05, 3.63) is 5.28 Å². The van der Waals surface area contributed by atoms with Crippen LogP contribution in [-0.2, 0) is 20.8 Å². The van der Waals surface area contributed by atoms with Crippen LogP contribution in [0.25, 0.3) is 11.2 Å². The zero-order valence-corrected chi connectivity index (χ0v) is 16.0. The fraction of sp³-hybridized carbons (Fsp3) is 0.750. The van der Waals surface area contributed by atoms with E-state index in [2.05, 4.69) is 25.2 Å². The Morgan fingerprint density at radius 2 is 1.88 bits per heavy atom. The molecule has 0 bridgehead atoms. The van der Waals surface area contributed by atoms with Gasteiger partial charge in [-0.3, -0.25) is 0 Å². The van der Waals surface area contributed by atoms with Crippen LogP contribution in [0.15, 0.2) is 0 Å². The minimum atomic E-state index is -0.193. The summed E-state index contributed by atoms with van der Waals surface area (Å²) in [4.78, 5) is 10.8. The second kappa shape index (κ2) is 9.40. The first-order valence-electron chi connectivity index (χ1n) is 9.05. The molecule has 0 spiro atoms. The summed E-state index contributed by atoms with van der Waals surface area (Å²) in [7, 11) is 0. The van der Waals surface area contributed by atoms with Gasteiger partial charge in [-0.2, -0.15) is 9.97 Å². The number of nitrogens with zero attached hydrogens (tertiary/aromatic N) is 6. The van der Waals surface area contributed by atoms with Crippen molar-refractivity contribution < 1.29 is 14.2 Å². The summed E-state index contributed by atoms with van der Waals surface area (Å²) in [6.45, 7) is 8.65. The quantitative estimate of drug-likeness (QED) is 0.478. The van der Waals surface area contributed by atoms with Crippen molar-refractivity contribution in [2.24, 2.45) is 0 Å². The molecule has 0 atom stereocenters. The third-order valence-electron chi connectivity index (χ3n) is 4.14. The fourth-order valence-electron chi connectivity index (χ4n) is 2.96. The molecule has 0 N–H and O–H groups in total. The van der Waals surface area contributed by atoms with Gasteiger partial charge in [-0.15, -0.1) is 5.10 Å². The number of hydrogen-bond acceptors (Lipinski definition) is 8. The zero-order valence-electron chi connectivity index (χ0n) is 15.2. The summed E-state index contributed by atoms with van der Waals surface area (Å²) in [6.07, 6.45) is 1.41. The highest BCUT2D eigenvalue weighted by Gasteiger charge is 2.21. The average molecular weight is 385 g/mol. The van der Waals surface area contributed by atoms with Crippen molar-refractivity contribution in [2.75, 3.05) is 44.4 Å². The minimum Gasteiger partial charge on any atom is -0.378 e. The summed E-state index contributed by atoms with van der Waals surface area (Å²) >= 11 is 6.15. The van der Waals surface area contributed by atoms with E-state index in [9.17, 15) is 0 Å². The Balaban J connectivity index is 1.72. The zero-order chi connectivity index (χ0) is 18.4. The van der Waals surface area contributed by atoms with E-state index in [1.54, 1.807) is 4.68 Å². The Morgan fingerprint density at radius 3 is 2.58 bits per heavy atom. The monoisotopic (exact) mass is 384 g/mol. The van der Waals surface area contributed by atoms with Crippen LogP contribution in [0.5, 0.6) is 0 Å². The van der Waals surface area contributed by atoms with Gasteiger partial charge in [-0.25, -0.2) is 4.68 Å². The predicted octanol–water partition coefficient (Wildman–Crippen LogP) is 1.89. The van der Waals surface area contributed by atoms with Crippen molar-refractivity contribution in [3.63, 3.8) is 0 Å². The van der Waals surface area contributed by atoms with Gasteiger partial charge in [0.05, 0.1) is 13.2 Å². The predicted molar refractivity (Wildman–Crippen MR) is 97.4 cm³/mol. The Morgan fingerprint density at radius 1 is 1.15 bits per heavy atom. The van der Waals surface area contributed by atoms with Crippen LogP contribution in [0.4, 0.5) is 5.82 Å². The molecule has 144 valence electrons. The first kappa shape index (κ1) is 19.2. The minimum absolute atomic E-state index is 0.193. The van der Waals surface area contributed by atoms with Crippen LogP contribution < -0.4 is 4.90 Å². The Bertz CT molecular complexity index is 701. The Kier molecular flexibility index (Phi) is 6.95. The summed E-state index contributed by atoms with van der Waals surface area (Å²) in [5.74, 6) is 0.719. The number of ether oxygens (including phenoxy) is 3. The number of aromatic nitrogens is 5. The molecule has 1 saturated heterocycles. The molecule has 3 rings (SSSR count). The van der Waals surface area contributed by atoms with Crippen molar-refractivity contribution in [3.8, 4) is 0 Å². The van der Waals surface area contributed by atoms with Crippen LogP contribution in [0, 0.1) is 0 Å². The molecular formula is C16H25ClN6O3.